The molecule has 7 heteroatoms. The number of fused-ring (bicyclic) bond motifs is 1. The summed E-state index contributed by atoms with van der Waals surface area (Å²) in [7, 11) is 0. The average Bonchev–Trinajstić information content (AvgIpc) is 2.73. The Labute approximate surface area is 133 Å². The van der Waals surface area contributed by atoms with Gasteiger partial charge in [0.1, 0.15) is 11.1 Å². The van der Waals surface area contributed by atoms with Crippen LogP contribution in [-0.4, -0.2) is 23.5 Å². The smallest absolute Gasteiger partial charge is 0.314 e. The van der Waals surface area contributed by atoms with E-state index in [0.29, 0.717) is 23.6 Å². The van der Waals surface area contributed by atoms with Gasteiger partial charge in [-0.1, -0.05) is 0 Å². The van der Waals surface area contributed by atoms with E-state index in [2.05, 4.69) is 16.7 Å². The van der Waals surface area contributed by atoms with E-state index >= 15 is 0 Å². The van der Waals surface area contributed by atoms with Crippen LogP contribution < -0.4 is 10.6 Å². The highest BCUT2D eigenvalue weighted by Gasteiger charge is 2.32. The van der Waals surface area contributed by atoms with Crippen LogP contribution in [0.5, 0.6) is 0 Å². The van der Waals surface area contributed by atoms with E-state index in [1.165, 1.54) is 11.3 Å². The van der Waals surface area contributed by atoms with Gasteiger partial charge in [-0.3, -0.25) is 9.59 Å². The van der Waals surface area contributed by atoms with Crippen LogP contribution >= 0.6 is 11.3 Å². The molecule has 0 spiro atoms. The number of carbonyl (C=O) groups excluding carboxylic acids is 2. The van der Waals surface area contributed by atoms with E-state index < -0.39 is 11.8 Å². The van der Waals surface area contributed by atoms with Crippen molar-refractivity contribution >= 4 is 28.2 Å². The first kappa shape index (κ1) is 16.5. The highest BCUT2D eigenvalue weighted by atomic mass is 32.1. The van der Waals surface area contributed by atoms with Crippen LogP contribution in [0, 0.1) is 11.3 Å². The number of nitrogens with zero attached hydrogens (tertiary/aromatic N) is 1. The number of anilines is 1. The molecule has 0 bridgehead atoms. The Morgan fingerprint density at radius 2 is 2.05 bits per heavy atom. The summed E-state index contributed by atoms with van der Waals surface area (Å²) in [6, 6.07) is 2.01. The number of hydrogen-bond acceptors (Lipinski definition) is 5. The zero-order chi connectivity index (χ0) is 16.5. The molecule has 0 saturated heterocycles. The minimum atomic E-state index is -0.760. The molecular formula is C15H19N3O3S. The Bertz CT molecular complexity index is 656. The molecule has 0 radical (unpaired) electrons. The summed E-state index contributed by atoms with van der Waals surface area (Å²) in [5, 5.41) is 14.9. The molecule has 0 aromatic carbocycles. The number of ether oxygens (including phenoxy) is 1. The van der Waals surface area contributed by atoms with Gasteiger partial charge in [0.15, 0.2) is 0 Å². The largest absolute Gasteiger partial charge is 0.370 e. The molecule has 0 aliphatic carbocycles. The second-order valence-corrected chi connectivity index (χ2v) is 7.23. The fraction of sp³-hybridized carbons (Fsp3) is 0.533. The Morgan fingerprint density at radius 1 is 1.36 bits per heavy atom. The normalized spacial score (nSPS) is 15.8. The number of rotatable bonds is 2. The highest BCUT2D eigenvalue weighted by Crippen LogP contribution is 2.39. The van der Waals surface area contributed by atoms with Crippen LogP contribution in [0.15, 0.2) is 0 Å². The standard InChI is InChI=1S/C15H19N3O3S/c1-8(2)17-12(19)13(20)18-14-10(6-16)9-5-15(3,4)21-7-11(9)22-14/h8H,5,7H2,1-4H3,(H,17,19)(H,18,20). The monoisotopic (exact) mass is 321 g/mol. The van der Waals surface area contributed by atoms with Gasteiger partial charge in [0.2, 0.25) is 0 Å². The lowest BCUT2D eigenvalue weighted by Gasteiger charge is -2.29. The van der Waals surface area contributed by atoms with Gasteiger partial charge >= 0.3 is 11.8 Å². The van der Waals surface area contributed by atoms with Crippen molar-refractivity contribution in [2.24, 2.45) is 0 Å². The molecule has 1 aliphatic heterocycles. The molecule has 0 atom stereocenters. The number of nitrogens with one attached hydrogen (secondary N) is 2. The van der Waals surface area contributed by atoms with Gasteiger partial charge in [0.05, 0.1) is 17.8 Å². The maximum atomic E-state index is 11.9. The average molecular weight is 321 g/mol. The summed E-state index contributed by atoms with van der Waals surface area (Å²) < 4.78 is 5.72. The summed E-state index contributed by atoms with van der Waals surface area (Å²) in [4.78, 5) is 24.5. The summed E-state index contributed by atoms with van der Waals surface area (Å²) in [5.74, 6) is -1.47. The fourth-order valence-corrected chi connectivity index (χ4v) is 3.32. The first-order chi connectivity index (χ1) is 10.2. The van der Waals surface area contributed by atoms with Crippen molar-refractivity contribution in [3.8, 4) is 6.07 Å². The lowest BCUT2D eigenvalue weighted by Crippen LogP contribution is -2.39. The first-order valence-electron chi connectivity index (χ1n) is 7.04. The van der Waals surface area contributed by atoms with Crippen LogP contribution in [0.1, 0.15) is 43.7 Å². The second-order valence-electron chi connectivity index (χ2n) is 6.13. The van der Waals surface area contributed by atoms with Crippen molar-refractivity contribution in [2.75, 3.05) is 5.32 Å². The zero-order valence-corrected chi connectivity index (χ0v) is 13.9. The van der Waals surface area contributed by atoms with E-state index in [4.69, 9.17) is 4.74 Å². The third-order valence-electron chi connectivity index (χ3n) is 3.25. The van der Waals surface area contributed by atoms with Crippen LogP contribution in [0.3, 0.4) is 0 Å². The van der Waals surface area contributed by atoms with Crippen molar-refractivity contribution in [1.82, 2.24) is 5.32 Å². The Morgan fingerprint density at radius 3 is 2.64 bits per heavy atom. The topological polar surface area (TPSA) is 91.2 Å². The number of hydrogen-bond donors (Lipinski definition) is 2. The van der Waals surface area contributed by atoms with Crippen LogP contribution in [0.25, 0.3) is 0 Å². The molecule has 1 aromatic rings. The fourth-order valence-electron chi connectivity index (χ4n) is 2.25. The molecule has 2 N–H and O–H groups in total. The lowest BCUT2D eigenvalue weighted by atomic mass is 9.93. The van der Waals surface area contributed by atoms with Gasteiger partial charge < -0.3 is 15.4 Å². The molecule has 0 fully saturated rings. The molecule has 1 aliphatic rings. The molecule has 2 amide bonds. The first-order valence-corrected chi connectivity index (χ1v) is 7.85. The van der Waals surface area contributed by atoms with Gasteiger partial charge in [-0.2, -0.15) is 5.26 Å². The maximum Gasteiger partial charge on any atom is 0.314 e. The minimum Gasteiger partial charge on any atom is -0.370 e. The molecule has 0 unspecified atom stereocenters. The van der Waals surface area contributed by atoms with Gasteiger partial charge in [-0.15, -0.1) is 11.3 Å². The van der Waals surface area contributed by atoms with Gasteiger partial charge in [0.25, 0.3) is 0 Å². The predicted molar refractivity (Wildman–Crippen MR) is 83.5 cm³/mol. The van der Waals surface area contributed by atoms with Crippen LogP contribution in [-0.2, 0) is 27.4 Å². The molecule has 1 aromatic heterocycles. The predicted octanol–water partition coefficient (Wildman–Crippen LogP) is 1.93. The van der Waals surface area contributed by atoms with E-state index in [-0.39, 0.29) is 11.6 Å². The number of amides is 2. The second kappa shape index (κ2) is 6.07. The quantitative estimate of drug-likeness (QED) is 0.814. The van der Waals surface area contributed by atoms with Crippen LogP contribution in [0.2, 0.25) is 0 Å². The summed E-state index contributed by atoms with van der Waals surface area (Å²) in [5.41, 5.74) is 1.00. The summed E-state index contributed by atoms with van der Waals surface area (Å²) in [6.45, 7) is 7.88. The van der Waals surface area contributed by atoms with Crippen LogP contribution in [0.4, 0.5) is 5.00 Å². The van der Waals surface area contributed by atoms with E-state index in [1.807, 2.05) is 13.8 Å². The van der Waals surface area contributed by atoms with Gasteiger partial charge in [-0.05, 0) is 33.3 Å². The van der Waals surface area contributed by atoms with E-state index in [1.54, 1.807) is 13.8 Å². The van der Waals surface area contributed by atoms with Gasteiger partial charge in [-0.25, -0.2) is 0 Å². The molecular weight excluding hydrogens is 302 g/mol. The molecule has 0 saturated carbocycles. The van der Waals surface area contributed by atoms with Gasteiger partial charge in [0, 0.05) is 17.3 Å². The molecule has 2 rings (SSSR count). The van der Waals surface area contributed by atoms with Crippen molar-refractivity contribution in [3.63, 3.8) is 0 Å². The maximum absolute atomic E-state index is 11.9. The molecule has 2 heterocycles. The third-order valence-corrected chi connectivity index (χ3v) is 4.37. The Kier molecular flexibility index (Phi) is 4.54. The molecule has 22 heavy (non-hydrogen) atoms. The van der Waals surface area contributed by atoms with Crippen molar-refractivity contribution in [2.45, 2.75) is 52.4 Å². The SMILES string of the molecule is CC(C)NC(=O)C(=O)Nc1sc2c(c1C#N)CC(C)(C)OC2. The molecule has 6 nitrogen and oxygen atoms in total. The number of carbonyl (C=O) groups is 2. The summed E-state index contributed by atoms with van der Waals surface area (Å²) >= 11 is 1.29. The molecule has 118 valence electrons. The highest BCUT2D eigenvalue weighted by molar-refractivity contribution is 7.16. The number of nitriles is 1. The van der Waals surface area contributed by atoms with E-state index in [9.17, 15) is 14.9 Å². The summed E-state index contributed by atoms with van der Waals surface area (Å²) in [6.07, 6.45) is 0.607. The lowest BCUT2D eigenvalue weighted by molar-refractivity contribution is -0.136. The Hall–Kier alpha value is -1.91. The third kappa shape index (κ3) is 3.46. The van der Waals surface area contributed by atoms with Crippen molar-refractivity contribution < 1.29 is 14.3 Å². The number of thiophene rings is 1. The zero-order valence-electron chi connectivity index (χ0n) is 13.1. The minimum absolute atomic E-state index is 0.126. The van der Waals surface area contributed by atoms with E-state index in [0.717, 1.165) is 10.4 Å². The van der Waals surface area contributed by atoms with Crippen molar-refractivity contribution in [3.05, 3.63) is 16.0 Å². The Balaban J connectivity index is 2.23. The van der Waals surface area contributed by atoms with Crippen molar-refractivity contribution in [1.29, 1.82) is 5.26 Å².